The van der Waals surface area contributed by atoms with Crippen molar-refractivity contribution in [1.29, 1.82) is 0 Å². The van der Waals surface area contributed by atoms with Crippen molar-refractivity contribution in [3.63, 3.8) is 0 Å². The van der Waals surface area contributed by atoms with Gasteiger partial charge in [-0.2, -0.15) is 0 Å². The molecule has 0 spiro atoms. The number of ether oxygens (including phenoxy) is 1. The van der Waals surface area contributed by atoms with Crippen LogP contribution in [-0.2, 0) is 11.3 Å². The summed E-state index contributed by atoms with van der Waals surface area (Å²) in [6.07, 6.45) is 3.88. The van der Waals surface area contributed by atoms with Crippen molar-refractivity contribution in [3.8, 4) is 0 Å². The summed E-state index contributed by atoms with van der Waals surface area (Å²) in [6, 6.07) is 10.4. The predicted molar refractivity (Wildman–Crippen MR) is 75.3 cm³/mol. The fourth-order valence-electron chi connectivity index (χ4n) is 2.60. The van der Waals surface area contributed by atoms with Gasteiger partial charge in [-0.15, -0.1) is 0 Å². The van der Waals surface area contributed by atoms with Gasteiger partial charge in [-0.3, -0.25) is 0 Å². The lowest BCUT2D eigenvalue weighted by atomic mass is 9.95. The predicted octanol–water partition coefficient (Wildman–Crippen LogP) is 4.40. The molecule has 0 amide bonds. The molecule has 17 heavy (non-hydrogen) atoms. The van der Waals surface area contributed by atoms with Gasteiger partial charge in [0.05, 0.1) is 6.61 Å². The first-order valence-corrected chi connectivity index (χ1v) is 7.44. The van der Waals surface area contributed by atoms with Crippen LogP contribution in [0.4, 0.5) is 0 Å². The van der Waals surface area contributed by atoms with Crippen LogP contribution in [-0.4, -0.2) is 11.4 Å². The van der Waals surface area contributed by atoms with Crippen molar-refractivity contribution in [1.82, 2.24) is 0 Å². The molecule has 0 aliphatic heterocycles. The molecule has 3 atom stereocenters. The van der Waals surface area contributed by atoms with Gasteiger partial charge < -0.3 is 4.74 Å². The SMILES string of the molecule is CC1C(Br)CCC1CCOCc1ccccc1. The van der Waals surface area contributed by atoms with Crippen molar-refractivity contribution in [3.05, 3.63) is 35.9 Å². The van der Waals surface area contributed by atoms with Crippen molar-refractivity contribution < 1.29 is 4.74 Å². The van der Waals surface area contributed by atoms with Crippen molar-refractivity contribution in [2.45, 2.75) is 37.6 Å². The zero-order valence-corrected chi connectivity index (χ0v) is 12.0. The van der Waals surface area contributed by atoms with E-state index in [2.05, 4.69) is 47.1 Å². The van der Waals surface area contributed by atoms with Gasteiger partial charge in [-0.1, -0.05) is 53.2 Å². The van der Waals surface area contributed by atoms with E-state index < -0.39 is 0 Å². The Balaban J connectivity index is 1.64. The van der Waals surface area contributed by atoms with Crippen molar-refractivity contribution in [2.24, 2.45) is 11.8 Å². The number of alkyl halides is 1. The van der Waals surface area contributed by atoms with Gasteiger partial charge in [0.2, 0.25) is 0 Å². The second-order valence-electron chi connectivity index (χ2n) is 5.04. The average molecular weight is 297 g/mol. The molecule has 1 aliphatic carbocycles. The maximum Gasteiger partial charge on any atom is 0.0716 e. The van der Waals surface area contributed by atoms with E-state index in [4.69, 9.17) is 4.74 Å². The lowest BCUT2D eigenvalue weighted by Crippen LogP contribution is -2.12. The molecule has 0 bridgehead atoms. The highest BCUT2D eigenvalue weighted by Gasteiger charge is 2.30. The van der Waals surface area contributed by atoms with E-state index in [1.165, 1.54) is 24.8 Å². The Morgan fingerprint density at radius 2 is 2.00 bits per heavy atom. The van der Waals surface area contributed by atoms with Gasteiger partial charge >= 0.3 is 0 Å². The van der Waals surface area contributed by atoms with E-state index in [0.717, 1.165) is 29.9 Å². The second kappa shape index (κ2) is 6.55. The third kappa shape index (κ3) is 3.82. The maximum atomic E-state index is 5.75. The average Bonchev–Trinajstić information content (AvgIpc) is 2.67. The molecule has 94 valence electrons. The van der Waals surface area contributed by atoms with E-state index in [0.29, 0.717) is 0 Å². The Morgan fingerprint density at radius 3 is 2.65 bits per heavy atom. The third-order valence-corrected chi connectivity index (χ3v) is 5.16. The Hall–Kier alpha value is -0.340. The molecule has 1 nitrogen and oxygen atoms in total. The zero-order chi connectivity index (χ0) is 12.1. The number of hydrogen-bond donors (Lipinski definition) is 0. The number of benzene rings is 1. The monoisotopic (exact) mass is 296 g/mol. The Bertz CT molecular complexity index is 325. The molecule has 1 saturated carbocycles. The van der Waals surface area contributed by atoms with Crippen LogP contribution in [0, 0.1) is 11.8 Å². The molecule has 2 heteroatoms. The molecule has 1 aliphatic rings. The van der Waals surface area contributed by atoms with Crippen LogP contribution in [0.25, 0.3) is 0 Å². The highest BCUT2D eigenvalue weighted by atomic mass is 79.9. The van der Waals surface area contributed by atoms with Crippen molar-refractivity contribution >= 4 is 15.9 Å². The van der Waals surface area contributed by atoms with Crippen LogP contribution >= 0.6 is 15.9 Å². The molecule has 3 unspecified atom stereocenters. The molecule has 0 heterocycles. The number of halogens is 1. The molecule has 0 saturated heterocycles. The van der Waals surface area contributed by atoms with Crippen LogP contribution in [0.2, 0.25) is 0 Å². The molecule has 1 aromatic carbocycles. The lowest BCUT2D eigenvalue weighted by molar-refractivity contribution is 0.103. The topological polar surface area (TPSA) is 9.23 Å². The minimum atomic E-state index is 0.724. The first kappa shape index (κ1) is 13.1. The highest BCUT2D eigenvalue weighted by molar-refractivity contribution is 9.09. The standard InChI is InChI=1S/C15H21BrO/c1-12-14(7-8-15(12)16)9-10-17-11-13-5-3-2-4-6-13/h2-6,12,14-15H,7-11H2,1H3. The van der Waals surface area contributed by atoms with Crippen LogP contribution in [0.3, 0.4) is 0 Å². The van der Waals surface area contributed by atoms with E-state index in [-0.39, 0.29) is 0 Å². The van der Waals surface area contributed by atoms with Gasteiger partial charge in [-0.05, 0) is 36.7 Å². The van der Waals surface area contributed by atoms with E-state index in [1.807, 2.05) is 6.07 Å². The summed E-state index contributed by atoms with van der Waals surface area (Å²) in [7, 11) is 0. The Morgan fingerprint density at radius 1 is 1.24 bits per heavy atom. The van der Waals surface area contributed by atoms with Crippen LogP contribution < -0.4 is 0 Å². The van der Waals surface area contributed by atoms with Gasteiger partial charge in [0, 0.05) is 11.4 Å². The quantitative estimate of drug-likeness (QED) is 0.578. The van der Waals surface area contributed by atoms with Gasteiger partial charge in [-0.25, -0.2) is 0 Å². The number of rotatable bonds is 5. The molecule has 2 rings (SSSR count). The maximum absolute atomic E-state index is 5.75. The minimum Gasteiger partial charge on any atom is -0.377 e. The fraction of sp³-hybridized carbons (Fsp3) is 0.600. The van der Waals surface area contributed by atoms with Crippen LogP contribution in [0.1, 0.15) is 31.7 Å². The van der Waals surface area contributed by atoms with Crippen LogP contribution in [0.5, 0.6) is 0 Å². The van der Waals surface area contributed by atoms with Gasteiger partial charge in [0.25, 0.3) is 0 Å². The van der Waals surface area contributed by atoms with E-state index in [1.54, 1.807) is 0 Å². The summed E-state index contributed by atoms with van der Waals surface area (Å²) >= 11 is 3.75. The largest absolute Gasteiger partial charge is 0.377 e. The zero-order valence-electron chi connectivity index (χ0n) is 10.4. The Labute approximate surface area is 113 Å². The summed E-state index contributed by atoms with van der Waals surface area (Å²) in [5.41, 5.74) is 1.27. The third-order valence-electron chi connectivity index (χ3n) is 3.87. The van der Waals surface area contributed by atoms with Gasteiger partial charge in [0.15, 0.2) is 0 Å². The van der Waals surface area contributed by atoms with Crippen LogP contribution in [0.15, 0.2) is 30.3 Å². The van der Waals surface area contributed by atoms with E-state index in [9.17, 15) is 0 Å². The first-order valence-electron chi connectivity index (χ1n) is 6.53. The molecule has 0 aromatic heterocycles. The lowest BCUT2D eigenvalue weighted by Gasteiger charge is -2.17. The molecule has 0 N–H and O–H groups in total. The summed E-state index contributed by atoms with van der Waals surface area (Å²) in [5.74, 6) is 1.64. The summed E-state index contributed by atoms with van der Waals surface area (Å²) < 4.78 is 5.75. The fourth-order valence-corrected chi connectivity index (χ4v) is 3.30. The summed E-state index contributed by atoms with van der Waals surface area (Å²) in [5, 5.41) is 0. The molecule has 1 fully saturated rings. The molecule has 0 radical (unpaired) electrons. The summed E-state index contributed by atoms with van der Waals surface area (Å²) in [6.45, 7) is 4.00. The normalized spacial score (nSPS) is 28.5. The number of hydrogen-bond acceptors (Lipinski definition) is 1. The smallest absolute Gasteiger partial charge is 0.0716 e. The van der Waals surface area contributed by atoms with Crippen molar-refractivity contribution in [2.75, 3.05) is 6.61 Å². The summed E-state index contributed by atoms with van der Waals surface area (Å²) in [4.78, 5) is 0.724. The highest BCUT2D eigenvalue weighted by Crippen LogP contribution is 2.38. The molecular formula is C15H21BrO. The second-order valence-corrected chi connectivity index (χ2v) is 6.22. The molecule has 1 aromatic rings. The molecular weight excluding hydrogens is 276 g/mol. The minimum absolute atomic E-state index is 0.724. The Kier molecular flexibility index (Phi) is 5.05. The van der Waals surface area contributed by atoms with E-state index >= 15 is 0 Å². The first-order chi connectivity index (χ1) is 8.27. The van der Waals surface area contributed by atoms with Gasteiger partial charge in [0.1, 0.15) is 0 Å².